The van der Waals surface area contributed by atoms with Crippen LogP contribution in [0.2, 0.25) is 0 Å². The average molecular weight is 1360 g/mol. The SMILES string of the molecule is C=C(c1ccc(-c2cnc(C)c(-c3nnc(-c4ccc(C(O)CO)cc4)o3)n2)cc1)N(C)C.C=C(c1ccc(-c2cnc(C)c(-c3nnc(-c4ccccc4OC(C)C)o3)n2)cc1)N(C)C.Cc1ncc(-c2ccc(S(=O)C(C)C)cc2)nc1-c1nnc(-c2ccc(CCN)cc2)o1.O.[HH].[HH].[HH].[HH].[HH].[HH].[HH]. The summed E-state index contributed by atoms with van der Waals surface area (Å²) in [6.45, 7) is 21.8. The molecule has 0 saturated heterocycles. The van der Waals surface area contributed by atoms with Gasteiger partial charge < -0.3 is 49.2 Å². The average Bonchev–Trinajstić information content (AvgIpc) is 1.52. The lowest BCUT2D eigenvalue weighted by Gasteiger charge is -2.16. The van der Waals surface area contributed by atoms with Gasteiger partial charge in [-0.1, -0.05) is 124 Å². The summed E-state index contributed by atoms with van der Waals surface area (Å²) in [6, 6.07) is 46.0. The van der Waals surface area contributed by atoms with Gasteiger partial charge in [0.1, 0.15) is 28.9 Å². The predicted octanol–water partition coefficient (Wildman–Crippen LogP) is 14.3. The molecular formula is C75H93N15O8S. The van der Waals surface area contributed by atoms with E-state index < -0.39 is 16.9 Å². The molecule has 23 nitrogen and oxygen atoms in total. The first-order valence-corrected chi connectivity index (χ1v) is 32.8. The molecule has 0 aliphatic heterocycles. The van der Waals surface area contributed by atoms with E-state index in [4.69, 9.17) is 43.8 Å². The molecule has 6 N–H and O–H groups in total. The fourth-order valence-electron chi connectivity index (χ4n) is 9.82. The minimum Gasteiger partial charge on any atom is -0.490 e. The molecule has 0 aliphatic carbocycles. The highest BCUT2D eigenvalue weighted by Crippen LogP contribution is 2.35. The second kappa shape index (κ2) is 32.7. The Balaban J connectivity index is 0.000000520. The third kappa shape index (κ3) is 17.5. The van der Waals surface area contributed by atoms with E-state index in [9.17, 15) is 9.32 Å². The summed E-state index contributed by atoms with van der Waals surface area (Å²) in [5.41, 5.74) is 22.1. The predicted molar refractivity (Wildman–Crippen MR) is 399 cm³/mol. The molecule has 0 fully saturated rings. The fourth-order valence-corrected chi connectivity index (χ4v) is 10.8. The van der Waals surface area contributed by atoms with Crippen molar-refractivity contribution in [1.82, 2.24) is 70.3 Å². The lowest BCUT2D eigenvalue weighted by atomic mass is 10.1. The van der Waals surface area contributed by atoms with Crippen molar-refractivity contribution in [3.8, 4) is 109 Å². The fraction of sp³-hybridized carbons (Fsp3) is 0.227. The van der Waals surface area contributed by atoms with Gasteiger partial charge in [0.15, 0.2) is 0 Å². The maximum Gasteiger partial charge on any atom is 0.268 e. The van der Waals surface area contributed by atoms with E-state index in [2.05, 4.69) is 58.7 Å². The Bertz CT molecular complexity index is 4770. The van der Waals surface area contributed by atoms with E-state index in [1.54, 1.807) is 42.9 Å². The Kier molecular flexibility index (Phi) is 23.8. The molecule has 99 heavy (non-hydrogen) atoms. The first kappa shape index (κ1) is 72.1. The third-order valence-corrected chi connectivity index (χ3v) is 17.1. The van der Waals surface area contributed by atoms with Gasteiger partial charge in [-0.2, -0.15) is 0 Å². The Labute approximate surface area is 587 Å². The number of benzene rings is 6. The Morgan fingerprint density at radius 2 is 0.909 bits per heavy atom. The molecule has 6 aromatic heterocycles. The van der Waals surface area contributed by atoms with Gasteiger partial charge in [-0.05, 0) is 118 Å². The minimum atomic E-state index is -1.03. The van der Waals surface area contributed by atoms with Gasteiger partial charge in [-0.15, -0.1) is 30.6 Å². The summed E-state index contributed by atoms with van der Waals surface area (Å²) in [4.78, 5) is 32.4. The van der Waals surface area contributed by atoms with Gasteiger partial charge >= 0.3 is 0 Å². The maximum atomic E-state index is 12.3. The van der Waals surface area contributed by atoms with Crippen molar-refractivity contribution in [2.45, 2.75) is 77.2 Å². The molecule has 24 heteroatoms. The van der Waals surface area contributed by atoms with E-state index in [0.717, 1.165) is 72.9 Å². The van der Waals surface area contributed by atoms with E-state index in [1.807, 2.05) is 208 Å². The van der Waals surface area contributed by atoms with Gasteiger partial charge in [-0.3, -0.25) is 19.2 Å². The normalized spacial score (nSPS) is 11.6. The number of aliphatic hydroxyl groups is 2. The first-order chi connectivity index (χ1) is 47.2. The van der Waals surface area contributed by atoms with Crippen molar-refractivity contribution in [3.05, 3.63) is 217 Å². The number of nitrogens with zero attached hydrogens (tertiary/aromatic N) is 14. The van der Waals surface area contributed by atoms with Crippen molar-refractivity contribution >= 4 is 22.2 Å². The van der Waals surface area contributed by atoms with Crippen molar-refractivity contribution in [3.63, 3.8) is 0 Å². The molecule has 0 spiro atoms. The quantitative estimate of drug-likeness (QED) is 0.0601. The van der Waals surface area contributed by atoms with Crippen LogP contribution >= 0.6 is 0 Å². The molecule has 0 bridgehead atoms. The van der Waals surface area contributed by atoms with Crippen molar-refractivity contribution in [2.75, 3.05) is 41.3 Å². The van der Waals surface area contributed by atoms with Crippen LogP contribution in [-0.2, 0) is 17.2 Å². The lowest BCUT2D eigenvalue weighted by molar-refractivity contribution is 0.0956. The number of aliphatic hydroxyl groups excluding tert-OH is 2. The van der Waals surface area contributed by atoms with Crippen LogP contribution in [0.25, 0.3) is 114 Å². The Morgan fingerprint density at radius 1 is 0.535 bits per heavy atom. The van der Waals surface area contributed by atoms with Crippen LogP contribution in [0.4, 0.5) is 0 Å². The number of aromatic nitrogens is 12. The van der Waals surface area contributed by atoms with Crippen LogP contribution in [0.15, 0.2) is 195 Å². The van der Waals surface area contributed by atoms with Crippen LogP contribution in [0.1, 0.15) is 83.1 Å². The third-order valence-electron chi connectivity index (χ3n) is 15.5. The molecule has 0 aliphatic rings. The van der Waals surface area contributed by atoms with E-state index in [0.29, 0.717) is 98.4 Å². The van der Waals surface area contributed by atoms with Gasteiger partial charge in [0, 0.05) is 87.5 Å². The zero-order valence-electron chi connectivity index (χ0n) is 57.0. The monoisotopic (exact) mass is 1360 g/mol. The highest BCUT2D eigenvalue weighted by Gasteiger charge is 2.22. The first-order valence-electron chi connectivity index (χ1n) is 31.6. The van der Waals surface area contributed by atoms with Crippen LogP contribution in [0.3, 0.4) is 0 Å². The second-order valence-electron chi connectivity index (χ2n) is 23.7. The maximum absolute atomic E-state index is 12.3. The smallest absolute Gasteiger partial charge is 0.268 e. The summed E-state index contributed by atoms with van der Waals surface area (Å²) >= 11 is 0. The van der Waals surface area contributed by atoms with Crippen LogP contribution in [0, 0.1) is 20.8 Å². The summed E-state index contributed by atoms with van der Waals surface area (Å²) in [6.07, 6.45) is 5.10. The van der Waals surface area contributed by atoms with Gasteiger partial charge in [-0.25, -0.2) is 15.0 Å². The summed E-state index contributed by atoms with van der Waals surface area (Å²) in [5.74, 6) is 2.72. The molecule has 0 saturated carbocycles. The highest BCUT2D eigenvalue weighted by atomic mass is 32.2. The molecule has 12 aromatic rings. The molecule has 2 unspecified atom stereocenters. The van der Waals surface area contributed by atoms with Gasteiger partial charge in [0.25, 0.3) is 23.6 Å². The molecule has 0 radical (unpaired) electrons. The number of hydrogen-bond donors (Lipinski definition) is 3. The number of hydrogen-bond acceptors (Lipinski definition) is 22. The summed E-state index contributed by atoms with van der Waals surface area (Å²) in [5, 5.41) is 44.1. The molecule has 2 atom stereocenters. The number of aryl methyl sites for hydroxylation is 3. The molecule has 0 amide bonds. The number of nitrogens with two attached hydrogens (primary N) is 1. The van der Waals surface area contributed by atoms with Crippen molar-refractivity contribution < 1.29 is 47.9 Å². The number of rotatable bonds is 21. The second-order valence-corrected chi connectivity index (χ2v) is 25.7. The van der Waals surface area contributed by atoms with Crippen LogP contribution < -0.4 is 10.5 Å². The van der Waals surface area contributed by atoms with Crippen molar-refractivity contribution in [1.29, 1.82) is 0 Å². The lowest BCUT2D eigenvalue weighted by Crippen LogP contribution is -2.08. The zero-order valence-corrected chi connectivity index (χ0v) is 57.9. The largest absolute Gasteiger partial charge is 0.490 e. The molecular weight excluding hydrogens is 1270 g/mol. The topological polar surface area (TPSA) is 325 Å². The zero-order chi connectivity index (χ0) is 69.7. The van der Waals surface area contributed by atoms with Gasteiger partial charge in [0.2, 0.25) is 11.8 Å². The van der Waals surface area contributed by atoms with Crippen LogP contribution in [0.5, 0.6) is 5.75 Å². The number of para-hydroxylation sites is 1. The molecule has 12 rings (SSSR count). The number of ether oxygens (including phenoxy) is 1. The molecule has 6 aromatic carbocycles. The van der Waals surface area contributed by atoms with E-state index in [-0.39, 0.29) is 39.3 Å². The van der Waals surface area contributed by atoms with E-state index in [1.165, 1.54) is 0 Å². The van der Waals surface area contributed by atoms with Crippen LogP contribution in [-0.4, -0.2) is 143 Å². The summed E-state index contributed by atoms with van der Waals surface area (Å²) < 4.78 is 36.0. The van der Waals surface area contributed by atoms with Gasteiger partial charge in [0.05, 0.1) is 81.8 Å². The summed E-state index contributed by atoms with van der Waals surface area (Å²) in [7, 11) is 6.83. The molecule has 6 heterocycles. The van der Waals surface area contributed by atoms with Crippen molar-refractivity contribution in [2.24, 2.45) is 5.73 Å². The Hall–Kier alpha value is -11.2. The highest BCUT2D eigenvalue weighted by molar-refractivity contribution is 7.85. The van der Waals surface area contributed by atoms with E-state index >= 15 is 0 Å². The molecule has 522 valence electrons. The standard InChI is InChI=1S/C26H27N5O2.C25H25N5O3.C24H25N5O2S.H2O.7H2/c1-16(2)32-23-10-8-7-9-21(23)25-29-30-26(33-25)24-17(3)27-15-22(28-24)20-13-11-19(12-14-20)18(4)31(5)6;1-15-23(25-29-28-24(33-25)20-11-9-19(10-12-20)22(32)14-31)27-21(13-26-15)18-7-5-17(6-8-18)16(2)30(3)4;1-15(2)32(30)20-10-8-18(9-11-20)21-14-26-16(3)22(27-21)24-29-28-23(31-24)19-6-4-17(5-7-19)12-13-25;;;;;;;;/h7-16H,4H2,1-3,5-6H3;5-13,22,31-32H,2,14H2,1,3-4H3;4-11,14-15H,12-13,25H2,1-3H3;1H2;7*1H. The Morgan fingerprint density at radius 3 is 1.30 bits per heavy atom. The minimum absolute atomic E-state index is 0.